The van der Waals surface area contributed by atoms with E-state index in [9.17, 15) is 0 Å². The van der Waals surface area contributed by atoms with E-state index in [1.165, 1.54) is 0 Å². The molecule has 82 valence electrons. The molecule has 1 heterocycles. The number of nitrogens with one attached hydrogen (secondary N) is 1. The average Bonchev–Trinajstić information content (AvgIpc) is 2.17. The molecule has 1 saturated heterocycles. The van der Waals surface area contributed by atoms with E-state index < -0.39 is 0 Å². The molecule has 0 bridgehead atoms. The summed E-state index contributed by atoms with van der Waals surface area (Å²) in [5, 5.41) is 4.35. The highest BCUT2D eigenvalue weighted by Crippen LogP contribution is 2.24. The van der Waals surface area contributed by atoms with Crippen molar-refractivity contribution in [3.63, 3.8) is 0 Å². The molecule has 15 heavy (non-hydrogen) atoms. The van der Waals surface area contributed by atoms with Crippen LogP contribution in [0.15, 0.2) is 18.2 Å². The number of halogens is 2. The van der Waals surface area contributed by atoms with E-state index in [4.69, 9.17) is 27.9 Å². The summed E-state index contributed by atoms with van der Waals surface area (Å²) in [5.41, 5.74) is 1.03. The predicted molar refractivity (Wildman–Crippen MR) is 62.5 cm³/mol. The van der Waals surface area contributed by atoms with Crippen LogP contribution in [0.1, 0.15) is 12.5 Å². The van der Waals surface area contributed by atoms with Gasteiger partial charge in [-0.05, 0) is 24.6 Å². The zero-order valence-corrected chi connectivity index (χ0v) is 10.0. The molecule has 0 amide bonds. The van der Waals surface area contributed by atoms with E-state index in [-0.39, 0.29) is 5.60 Å². The van der Waals surface area contributed by atoms with Crippen LogP contribution in [0.2, 0.25) is 10.0 Å². The number of hydrogen-bond acceptors (Lipinski definition) is 2. The second-order valence-corrected chi connectivity index (χ2v) is 4.90. The minimum absolute atomic E-state index is 0.0217. The Hall–Kier alpha value is -0.280. The zero-order valence-electron chi connectivity index (χ0n) is 8.52. The molecule has 4 heteroatoms. The Morgan fingerprint density at radius 2 is 2.07 bits per heavy atom. The van der Waals surface area contributed by atoms with Crippen LogP contribution < -0.4 is 5.32 Å². The van der Waals surface area contributed by atoms with Crippen LogP contribution in [0.25, 0.3) is 0 Å². The monoisotopic (exact) mass is 245 g/mol. The SMILES string of the molecule is CC1(OCc2ccc(Cl)c(Cl)c2)CNC1. The van der Waals surface area contributed by atoms with E-state index in [2.05, 4.69) is 12.2 Å². The van der Waals surface area contributed by atoms with Crippen LogP contribution in [-0.4, -0.2) is 18.7 Å². The summed E-state index contributed by atoms with van der Waals surface area (Å²) in [5.74, 6) is 0. The highest BCUT2D eigenvalue weighted by molar-refractivity contribution is 6.41. The normalized spacial score (nSPS) is 18.6. The van der Waals surface area contributed by atoms with Gasteiger partial charge in [-0.1, -0.05) is 29.3 Å². The number of benzene rings is 1. The Morgan fingerprint density at radius 3 is 2.60 bits per heavy atom. The maximum Gasteiger partial charge on any atom is 0.0906 e. The maximum absolute atomic E-state index is 5.91. The Bertz CT molecular complexity index is 364. The van der Waals surface area contributed by atoms with Gasteiger partial charge >= 0.3 is 0 Å². The number of hydrogen-bond donors (Lipinski definition) is 1. The van der Waals surface area contributed by atoms with Crippen LogP contribution in [0.5, 0.6) is 0 Å². The summed E-state index contributed by atoms with van der Waals surface area (Å²) < 4.78 is 5.78. The summed E-state index contributed by atoms with van der Waals surface area (Å²) in [6.45, 7) is 4.50. The molecule has 1 aliphatic heterocycles. The van der Waals surface area contributed by atoms with Crippen molar-refractivity contribution in [2.24, 2.45) is 0 Å². The molecule has 0 spiro atoms. The van der Waals surface area contributed by atoms with Gasteiger partial charge in [0.15, 0.2) is 0 Å². The lowest BCUT2D eigenvalue weighted by atomic mass is 10.00. The number of ether oxygens (including phenoxy) is 1. The van der Waals surface area contributed by atoms with Crippen molar-refractivity contribution in [3.05, 3.63) is 33.8 Å². The fraction of sp³-hybridized carbons (Fsp3) is 0.455. The topological polar surface area (TPSA) is 21.3 Å². The van der Waals surface area contributed by atoms with Crippen molar-refractivity contribution < 1.29 is 4.74 Å². The van der Waals surface area contributed by atoms with Gasteiger partial charge in [-0.15, -0.1) is 0 Å². The van der Waals surface area contributed by atoms with Crippen LogP contribution in [0.4, 0.5) is 0 Å². The van der Waals surface area contributed by atoms with Gasteiger partial charge in [-0.3, -0.25) is 0 Å². The van der Waals surface area contributed by atoms with Gasteiger partial charge in [0, 0.05) is 13.1 Å². The van der Waals surface area contributed by atoms with Crippen molar-refractivity contribution >= 4 is 23.2 Å². The molecule has 0 aliphatic carbocycles. The molecule has 1 aromatic rings. The third kappa shape index (κ3) is 2.64. The third-order valence-corrected chi connectivity index (χ3v) is 3.31. The average molecular weight is 246 g/mol. The van der Waals surface area contributed by atoms with Crippen molar-refractivity contribution in [1.29, 1.82) is 0 Å². The molecule has 2 rings (SSSR count). The smallest absolute Gasteiger partial charge is 0.0906 e. The van der Waals surface area contributed by atoms with Crippen molar-refractivity contribution in [2.45, 2.75) is 19.1 Å². The van der Waals surface area contributed by atoms with Crippen LogP contribution in [-0.2, 0) is 11.3 Å². The molecule has 0 unspecified atom stereocenters. The summed E-state index contributed by atoms with van der Waals surface area (Å²) in [7, 11) is 0. The summed E-state index contributed by atoms with van der Waals surface area (Å²) in [6, 6.07) is 5.58. The summed E-state index contributed by atoms with van der Waals surface area (Å²) in [6.07, 6.45) is 0. The first kappa shape index (κ1) is 11.2. The quantitative estimate of drug-likeness (QED) is 0.885. The first-order valence-corrected chi connectivity index (χ1v) is 5.63. The van der Waals surface area contributed by atoms with E-state index >= 15 is 0 Å². The zero-order chi connectivity index (χ0) is 10.9. The maximum atomic E-state index is 5.91. The van der Waals surface area contributed by atoms with Crippen molar-refractivity contribution in [3.8, 4) is 0 Å². The van der Waals surface area contributed by atoms with E-state index in [1.54, 1.807) is 6.07 Å². The highest BCUT2D eigenvalue weighted by Gasteiger charge is 2.32. The van der Waals surface area contributed by atoms with Gasteiger partial charge < -0.3 is 10.1 Å². The standard InChI is InChI=1S/C11H13Cl2NO/c1-11(6-14-7-11)15-5-8-2-3-9(12)10(13)4-8/h2-4,14H,5-7H2,1H3. The molecule has 0 atom stereocenters. The molecule has 1 N–H and O–H groups in total. The molecule has 1 aliphatic rings. The van der Waals surface area contributed by atoms with Crippen LogP contribution in [0.3, 0.4) is 0 Å². The summed E-state index contributed by atoms with van der Waals surface area (Å²) >= 11 is 11.7. The van der Waals surface area contributed by atoms with Crippen LogP contribution in [0, 0.1) is 0 Å². The predicted octanol–water partition coefficient (Wildman–Crippen LogP) is 2.87. The van der Waals surface area contributed by atoms with Crippen molar-refractivity contribution in [2.75, 3.05) is 13.1 Å². The molecule has 1 fully saturated rings. The fourth-order valence-corrected chi connectivity index (χ4v) is 1.79. The van der Waals surface area contributed by atoms with Gasteiger partial charge in [0.1, 0.15) is 0 Å². The van der Waals surface area contributed by atoms with Gasteiger partial charge in [0.25, 0.3) is 0 Å². The lowest BCUT2D eigenvalue weighted by Gasteiger charge is -2.39. The van der Waals surface area contributed by atoms with Gasteiger partial charge in [-0.2, -0.15) is 0 Å². The second-order valence-electron chi connectivity index (χ2n) is 4.09. The Morgan fingerprint density at radius 1 is 1.33 bits per heavy atom. The minimum atomic E-state index is -0.0217. The molecule has 0 aromatic heterocycles. The van der Waals surface area contributed by atoms with E-state index in [1.807, 2.05) is 12.1 Å². The summed E-state index contributed by atoms with van der Waals surface area (Å²) in [4.78, 5) is 0. The van der Waals surface area contributed by atoms with Crippen molar-refractivity contribution in [1.82, 2.24) is 5.32 Å². The lowest BCUT2D eigenvalue weighted by Crippen LogP contribution is -2.58. The molecule has 0 saturated carbocycles. The molecular formula is C11H13Cl2NO. The Labute approximate surface area is 99.5 Å². The Balaban J connectivity index is 1.96. The lowest BCUT2D eigenvalue weighted by molar-refractivity contribution is -0.0767. The van der Waals surface area contributed by atoms with E-state index in [0.29, 0.717) is 16.7 Å². The van der Waals surface area contributed by atoms with Gasteiger partial charge in [0.05, 0.1) is 22.3 Å². The molecule has 2 nitrogen and oxygen atoms in total. The molecular weight excluding hydrogens is 233 g/mol. The largest absolute Gasteiger partial charge is 0.368 e. The third-order valence-electron chi connectivity index (χ3n) is 2.57. The van der Waals surface area contributed by atoms with Gasteiger partial charge in [0.2, 0.25) is 0 Å². The molecule has 1 aromatic carbocycles. The van der Waals surface area contributed by atoms with Crippen LogP contribution >= 0.6 is 23.2 Å². The van der Waals surface area contributed by atoms with E-state index in [0.717, 1.165) is 18.7 Å². The fourth-order valence-electron chi connectivity index (χ4n) is 1.47. The number of rotatable bonds is 3. The van der Waals surface area contributed by atoms with Gasteiger partial charge in [-0.25, -0.2) is 0 Å². The Kier molecular flexibility index (Phi) is 3.21. The first-order chi connectivity index (χ1) is 7.09. The first-order valence-electron chi connectivity index (χ1n) is 4.88. The minimum Gasteiger partial charge on any atom is -0.368 e. The molecule has 0 radical (unpaired) electrons. The highest BCUT2D eigenvalue weighted by atomic mass is 35.5. The second kappa shape index (κ2) is 4.30.